The molecule has 0 aliphatic rings. The fraction of sp³-hybridized carbons (Fsp3) is 0.396. The van der Waals surface area contributed by atoms with Gasteiger partial charge in [0.05, 0.1) is 49.9 Å². The van der Waals surface area contributed by atoms with Crippen molar-refractivity contribution in [2.45, 2.75) is 200 Å². The number of ether oxygens (including phenoxy) is 2. The number of Topliss-reactive ketones (excluding diaryl/α,β-unsaturated/α-hetero) is 4. The fourth-order valence-corrected chi connectivity index (χ4v) is 13.6. The monoisotopic (exact) mass is 1540 g/mol. The Hall–Kier alpha value is -11.1. The normalized spacial score (nSPS) is 13.4. The number of fused-ring (bicyclic) bond motifs is 4. The highest BCUT2D eigenvalue weighted by Gasteiger charge is 2.32. The van der Waals surface area contributed by atoms with Crippen molar-refractivity contribution in [1.29, 1.82) is 0 Å². The second-order valence-corrected chi connectivity index (χ2v) is 31.5. The average molecular weight is 1550 g/mol. The van der Waals surface area contributed by atoms with Crippen molar-refractivity contribution < 1.29 is 47.8 Å². The Morgan fingerprint density at radius 1 is 0.298 bits per heavy atom. The lowest BCUT2D eigenvalue weighted by Crippen LogP contribution is -2.47. The molecule has 7 aromatic carbocycles. The largest absolute Gasteiger partial charge is 0.489 e. The summed E-state index contributed by atoms with van der Waals surface area (Å²) in [5.41, 5.74) is 12.1. The second kappa shape index (κ2) is 43.2. The van der Waals surface area contributed by atoms with Gasteiger partial charge in [0.15, 0.2) is 23.1 Å². The number of hydrogen-bond donors (Lipinski definition) is 8. The Labute approximate surface area is 673 Å². The van der Waals surface area contributed by atoms with E-state index < -0.39 is 24.2 Å². The van der Waals surface area contributed by atoms with Gasteiger partial charge in [-0.2, -0.15) is 0 Å². The van der Waals surface area contributed by atoms with Crippen molar-refractivity contribution in [1.82, 2.24) is 41.2 Å². The van der Waals surface area contributed by atoms with Crippen LogP contribution in [-0.4, -0.2) is 90.9 Å². The fourth-order valence-electron chi connectivity index (χ4n) is 13.6. The molecule has 0 saturated heterocycles. The zero-order valence-electron chi connectivity index (χ0n) is 69.6. The zero-order chi connectivity index (χ0) is 82.7. The van der Waals surface area contributed by atoms with Crippen LogP contribution in [0.3, 0.4) is 0 Å². The van der Waals surface area contributed by atoms with Gasteiger partial charge in [-0.15, -0.1) is 0 Å². The number of carbonyl (C=O) groups excluding carboxylic acids is 8. The minimum Gasteiger partial charge on any atom is -0.489 e. The Balaban J connectivity index is 0.000000191. The number of rotatable bonds is 35. The number of ketones is 4. The molecule has 114 heavy (non-hydrogen) atoms. The molecule has 0 fully saturated rings. The Kier molecular flexibility index (Phi) is 33.5. The van der Waals surface area contributed by atoms with Gasteiger partial charge in [0.1, 0.15) is 24.7 Å². The standard InChI is InChI=1S/2C26H32N2O3.C25H30N2O2.C19H26N2O2/c2*1-5-18(4)25(26(30)17(2)3)28-24(29)13-20-15-27-23-12-11-21(14-22(20)23)31-16-19-9-7-6-8-10-19;1-5-17(4)24(25(29)16(2)3)27-23(28)14-20-15-26-22-12-11-19(13-21(20)22)18-9-7-6-8-10-18;1-5-13(4)18(19(23)12(2)3)21-17(22)10-14-11-20-16-9-7-6-8-15(14)16/h2*6-12,14-15,17-18,25,27H,5,13,16H2,1-4H3,(H,28,29);6-13,15-17,24,26H,5,14H2,1-4H3,(H,27,28);6-9,11-13,18,20H,5,10H2,1-4H3,(H,21,22)/t18?,25-;18-,25-;17-,24-;13-,18-/m0000/s1. The molecule has 0 aliphatic heterocycles. The van der Waals surface area contributed by atoms with Crippen LogP contribution in [0, 0.1) is 47.3 Å². The molecule has 0 radical (unpaired) electrons. The lowest BCUT2D eigenvalue weighted by Gasteiger charge is -2.24. The first-order chi connectivity index (χ1) is 54.6. The first-order valence-electron chi connectivity index (χ1n) is 40.7. The lowest BCUT2D eigenvalue weighted by molar-refractivity contribution is -0.130. The van der Waals surface area contributed by atoms with Gasteiger partial charge in [-0.25, -0.2) is 0 Å². The third kappa shape index (κ3) is 24.9. The van der Waals surface area contributed by atoms with E-state index in [1.54, 1.807) is 0 Å². The molecule has 8 N–H and O–H groups in total. The SMILES string of the molecule is CCC(C)[C@H](NC(=O)Cc1c[nH]c2ccc(OCc3ccccc3)cc12)C(=O)C(C)C.CC[C@H](C)[C@H](NC(=O)Cc1c[nH]c2ccc(-c3ccccc3)cc12)C(=O)C(C)C.CC[C@H](C)[C@H](NC(=O)Cc1c[nH]c2ccc(OCc3ccccc3)cc12)C(=O)C(C)C.CC[C@H](C)[C@H](NC(=O)Cc1c[nH]c2ccccc12)C(=O)C(C)C. The van der Waals surface area contributed by atoms with Gasteiger partial charge >= 0.3 is 0 Å². The van der Waals surface area contributed by atoms with E-state index in [1.807, 2.05) is 281 Å². The highest BCUT2D eigenvalue weighted by Crippen LogP contribution is 2.30. The van der Waals surface area contributed by atoms with E-state index in [0.717, 1.165) is 125 Å². The molecule has 4 aromatic heterocycles. The van der Waals surface area contributed by atoms with Crippen LogP contribution in [0.5, 0.6) is 11.5 Å². The molecule has 1 unspecified atom stereocenters. The molecular weight excluding hydrogens is 1430 g/mol. The average Bonchev–Trinajstić information content (AvgIpc) is 1.65. The summed E-state index contributed by atoms with van der Waals surface area (Å²) < 4.78 is 11.9. The van der Waals surface area contributed by atoms with Crippen molar-refractivity contribution in [3.63, 3.8) is 0 Å². The molecule has 0 bridgehead atoms. The Morgan fingerprint density at radius 3 is 0.886 bits per heavy atom. The van der Waals surface area contributed by atoms with Crippen LogP contribution in [0.4, 0.5) is 0 Å². The quantitative estimate of drug-likeness (QED) is 0.0186. The van der Waals surface area contributed by atoms with E-state index >= 15 is 0 Å². The second-order valence-electron chi connectivity index (χ2n) is 31.5. The summed E-state index contributed by atoms with van der Waals surface area (Å²) in [6, 6.07) is 54.3. The first-order valence-corrected chi connectivity index (χ1v) is 40.7. The number of para-hydroxylation sites is 1. The summed E-state index contributed by atoms with van der Waals surface area (Å²) >= 11 is 0. The van der Waals surface area contributed by atoms with Gasteiger partial charge in [-0.3, -0.25) is 38.4 Å². The van der Waals surface area contributed by atoms with Gasteiger partial charge in [0.2, 0.25) is 23.6 Å². The predicted octanol–water partition coefficient (Wildman–Crippen LogP) is 18.7. The molecule has 604 valence electrons. The van der Waals surface area contributed by atoms with Gasteiger partial charge < -0.3 is 50.7 Å². The van der Waals surface area contributed by atoms with Gasteiger partial charge in [-0.05, 0) is 123 Å². The number of aromatic amines is 4. The molecular formula is C96H120N8O10. The third-order valence-electron chi connectivity index (χ3n) is 21.5. The first kappa shape index (κ1) is 88.4. The van der Waals surface area contributed by atoms with E-state index in [1.165, 1.54) is 0 Å². The number of benzene rings is 7. The molecule has 18 nitrogen and oxygen atoms in total. The highest BCUT2D eigenvalue weighted by atomic mass is 16.5. The van der Waals surface area contributed by atoms with Crippen molar-refractivity contribution in [3.8, 4) is 22.6 Å². The summed E-state index contributed by atoms with van der Waals surface area (Å²) in [7, 11) is 0. The van der Waals surface area contributed by atoms with Crippen LogP contribution in [-0.2, 0) is 77.3 Å². The van der Waals surface area contributed by atoms with Crippen LogP contribution in [0.25, 0.3) is 54.7 Å². The number of hydrogen-bond acceptors (Lipinski definition) is 10. The molecule has 0 spiro atoms. The third-order valence-corrected chi connectivity index (χ3v) is 21.5. The molecule has 18 heteroatoms. The molecule has 4 heterocycles. The van der Waals surface area contributed by atoms with Crippen molar-refractivity contribution >= 4 is 90.4 Å². The maximum absolute atomic E-state index is 12.8. The number of aromatic nitrogens is 4. The van der Waals surface area contributed by atoms with E-state index in [-0.39, 0.29) is 120 Å². The predicted molar refractivity (Wildman–Crippen MR) is 460 cm³/mol. The van der Waals surface area contributed by atoms with Gasteiger partial charge in [0, 0.05) is 92.1 Å². The van der Waals surface area contributed by atoms with Gasteiger partial charge in [0.25, 0.3) is 0 Å². The topological polar surface area (TPSA) is 266 Å². The number of amides is 4. The maximum atomic E-state index is 12.8. The van der Waals surface area contributed by atoms with Crippen molar-refractivity contribution in [3.05, 3.63) is 228 Å². The van der Waals surface area contributed by atoms with Gasteiger partial charge in [-0.1, -0.05) is 252 Å². The molecule has 11 aromatic rings. The highest BCUT2D eigenvalue weighted by molar-refractivity contribution is 5.98. The minimum atomic E-state index is -0.451. The van der Waals surface area contributed by atoms with E-state index in [9.17, 15) is 38.4 Å². The Morgan fingerprint density at radius 2 is 0.570 bits per heavy atom. The smallest absolute Gasteiger partial charge is 0.225 e. The van der Waals surface area contributed by atoms with Crippen molar-refractivity contribution in [2.24, 2.45) is 47.3 Å². The van der Waals surface area contributed by atoms with Crippen molar-refractivity contribution in [2.75, 3.05) is 0 Å². The lowest BCUT2D eigenvalue weighted by atomic mass is 9.90. The summed E-state index contributed by atoms with van der Waals surface area (Å²) in [5.74, 6) is 1.40. The summed E-state index contributed by atoms with van der Waals surface area (Å²) in [4.78, 5) is 114. The van der Waals surface area contributed by atoms with E-state index in [0.29, 0.717) is 13.2 Å². The van der Waals surface area contributed by atoms with Crippen LogP contribution >= 0.6 is 0 Å². The zero-order valence-corrected chi connectivity index (χ0v) is 69.6. The molecule has 4 amide bonds. The molecule has 0 saturated carbocycles. The van der Waals surface area contributed by atoms with Crippen LogP contribution in [0.2, 0.25) is 0 Å². The van der Waals surface area contributed by atoms with Crippen LogP contribution in [0.1, 0.15) is 170 Å². The number of nitrogens with one attached hydrogen (secondary N) is 8. The molecule has 0 aliphatic carbocycles. The van der Waals surface area contributed by atoms with E-state index in [2.05, 4.69) is 65.5 Å². The van der Waals surface area contributed by atoms with Crippen LogP contribution in [0.15, 0.2) is 195 Å². The number of H-pyrrole nitrogens is 4. The van der Waals surface area contributed by atoms with E-state index in [4.69, 9.17) is 9.47 Å². The molecule has 11 rings (SSSR count). The summed E-state index contributed by atoms with van der Waals surface area (Å²) in [6.45, 7) is 32.2. The molecule has 8 atom stereocenters. The Bertz CT molecular complexity index is 4780. The number of carbonyl (C=O) groups is 8. The minimum absolute atomic E-state index is 0.0811. The van der Waals surface area contributed by atoms with Crippen LogP contribution < -0.4 is 30.7 Å². The maximum Gasteiger partial charge on any atom is 0.225 e. The summed E-state index contributed by atoms with van der Waals surface area (Å²) in [6.07, 6.45) is 11.8. The summed E-state index contributed by atoms with van der Waals surface area (Å²) in [5, 5.41) is 15.9.